The topological polar surface area (TPSA) is 69.7 Å². The fourth-order valence-corrected chi connectivity index (χ4v) is 5.72. The summed E-state index contributed by atoms with van der Waals surface area (Å²) in [4.78, 5) is 35.4. The molecule has 3 aliphatic carbocycles. The van der Waals surface area contributed by atoms with Gasteiger partial charge in [-0.3, -0.25) is 14.4 Å². The van der Waals surface area contributed by atoms with E-state index in [2.05, 4.69) is 13.0 Å². The minimum atomic E-state index is -0.395. The second-order valence-corrected chi connectivity index (χ2v) is 8.61. The molecule has 0 bridgehead atoms. The molecular formula is C23H26O5. The van der Waals surface area contributed by atoms with Gasteiger partial charge in [-0.1, -0.05) is 13.0 Å². The smallest absolute Gasteiger partial charge is 0.308 e. The first-order valence-electron chi connectivity index (χ1n) is 10.0. The predicted molar refractivity (Wildman–Crippen MR) is 103 cm³/mol. The molecule has 4 rings (SSSR count). The second kappa shape index (κ2) is 6.87. The maximum atomic E-state index is 13.0. The van der Waals surface area contributed by atoms with E-state index >= 15 is 0 Å². The minimum Gasteiger partial charge on any atom is -0.434 e. The van der Waals surface area contributed by atoms with E-state index in [1.807, 2.05) is 12.1 Å². The van der Waals surface area contributed by atoms with Crippen LogP contribution >= 0.6 is 0 Å². The molecule has 0 radical (unpaired) electrons. The van der Waals surface area contributed by atoms with Gasteiger partial charge in [-0.15, -0.1) is 0 Å². The highest BCUT2D eigenvalue weighted by atomic mass is 16.5. The summed E-state index contributed by atoms with van der Waals surface area (Å²) in [6.45, 7) is 4.85. The number of benzene rings is 1. The van der Waals surface area contributed by atoms with Crippen LogP contribution in [0.2, 0.25) is 0 Å². The third-order valence-electron chi connectivity index (χ3n) is 6.97. The van der Waals surface area contributed by atoms with Crippen molar-refractivity contribution in [3.8, 4) is 5.75 Å². The Morgan fingerprint density at radius 2 is 1.96 bits per heavy atom. The lowest BCUT2D eigenvalue weighted by atomic mass is 9.55. The molecule has 0 aromatic heterocycles. The van der Waals surface area contributed by atoms with Gasteiger partial charge in [0.15, 0.2) is 5.78 Å². The van der Waals surface area contributed by atoms with E-state index in [0.29, 0.717) is 29.6 Å². The van der Waals surface area contributed by atoms with Gasteiger partial charge in [0, 0.05) is 24.8 Å². The summed E-state index contributed by atoms with van der Waals surface area (Å²) in [5.74, 6) is 1.20. The standard InChI is InChI=1S/C23H26O5/c1-13(24)27-12-16-11-21-20-6-4-15-10-17(28-14(2)25)5-7-18(15)19(20)8-9-23(21,3)22(16)26/h5,7,10,12,19-21H,4,6,8-9,11H2,1-3H3/t19?,20?,21?,23-/m0/s1. The van der Waals surface area contributed by atoms with Gasteiger partial charge in [0.1, 0.15) is 12.0 Å². The summed E-state index contributed by atoms with van der Waals surface area (Å²) in [6, 6.07) is 5.97. The Kier molecular flexibility index (Phi) is 4.64. The van der Waals surface area contributed by atoms with Crippen LogP contribution in [0.3, 0.4) is 0 Å². The molecule has 5 nitrogen and oxygen atoms in total. The number of carbonyl (C=O) groups is 3. The van der Waals surface area contributed by atoms with Gasteiger partial charge in [0.05, 0.1) is 0 Å². The van der Waals surface area contributed by atoms with E-state index in [4.69, 9.17) is 9.47 Å². The molecule has 0 heterocycles. The fourth-order valence-electron chi connectivity index (χ4n) is 5.72. The van der Waals surface area contributed by atoms with Crippen LogP contribution in [-0.4, -0.2) is 17.7 Å². The highest BCUT2D eigenvalue weighted by molar-refractivity contribution is 6.02. The molecule has 3 aliphatic rings. The Labute approximate surface area is 165 Å². The van der Waals surface area contributed by atoms with E-state index in [9.17, 15) is 14.4 Å². The zero-order valence-corrected chi connectivity index (χ0v) is 16.6. The molecule has 0 spiro atoms. The van der Waals surface area contributed by atoms with E-state index < -0.39 is 5.97 Å². The molecule has 4 atom stereocenters. The molecule has 0 saturated heterocycles. The first-order chi connectivity index (χ1) is 13.3. The van der Waals surface area contributed by atoms with Crippen LogP contribution < -0.4 is 4.74 Å². The quantitative estimate of drug-likeness (QED) is 0.333. The van der Waals surface area contributed by atoms with Crippen molar-refractivity contribution in [2.75, 3.05) is 0 Å². The number of aryl methyl sites for hydroxylation is 1. The van der Waals surface area contributed by atoms with Gasteiger partial charge in [-0.25, -0.2) is 0 Å². The molecule has 2 fully saturated rings. The summed E-state index contributed by atoms with van der Waals surface area (Å²) in [5, 5.41) is 0. The molecule has 3 unspecified atom stereocenters. The molecule has 5 heteroatoms. The van der Waals surface area contributed by atoms with Gasteiger partial charge in [0.25, 0.3) is 0 Å². The SMILES string of the molecule is CC(=O)OC=C1CC2C3CCc4cc(OC(C)=O)ccc4C3CC[C@]2(C)C1=O. The third kappa shape index (κ3) is 3.07. The molecule has 148 valence electrons. The monoisotopic (exact) mass is 382 g/mol. The predicted octanol–water partition coefficient (Wildman–Crippen LogP) is 4.09. The Hall–Kier alpha value is -2.43. The normalized spacial score (nSPS) is 32.3. The van der Waals surface area contributed by atoms with Gasteiger partial charge < -0.3 is 9.47 Å². The summed E-state index contributed by atoms with van der Waals surface area (Å²) >= 11 is 0. The third-order valence-corrected chi connectivity index (χ3v) is 6.97. The number of rotatable bonds is 2. The molecule has 0 amide bonds. The molecule has 0 N–H and O–H groups in total. The molecule has 0 aliphatic heterocycles. The van der Waals surface area contributed by atoms with Crippen molar-refractivity contribution in [3.05, 3.63) is 41.2 Å². The van der Waals surface area contributed by atoms with Crippen LogP contribution in [0, 0.1) is 17.3 Å². The Balaban J connectivity index is 1.61. The van der Waals surface area contributed by atoms with Crippen molar-refractivity contribution in [2.24, 2.45) is 17.3 Å². The average Bonchev–Trinajstić information content (AvgIpc) is 2.90. The minimum absolute atomic E-state index is 0.146. The van der Waals surface area contributed by atoms with Crippen LogP contribution in [-0.2, 0) is 25.5 Å². The van der Waals surface area contributed by atoms with Crippen LogP contribution in [0.4, 0.5) is 0 Å². The van der Waals surface area contributed by atoms with Crippen LogP contribution in [0.15, 0.2) is 30.0 Å². The maximum Gasteiger partial charge on any atom is 0.308 e. The molecule has 28 heavy (non-hydrogen) atoms. The number of carbonyl (C=O) groups excluding carboxylic acids is 3. The number of Topliss-reactive ketones (excluding diaryl/α,β-unsaturated/α-hetero) is 1. The molecular weight excluding hydrogens is 356 g/mol. The van der Waals surface area contributed by atoms with Crippen LogP contribution in [0.25, 0.3) is 0 Å². The van der Waals surface area contributed by atoms with Gasteiger partial charge in [-0.05, 0) is 73.1 Å². The summed E-state index contributed by atoms with van der Waals surface area (Å²) in [5.41, 5.74) is 2.88. The highest BCUT2D eigenvalue weighted by Gasteiger charge is 2.56. The molecule has 1 aromatic carbocycles. The van der Waals surface area contributed by atoms with E-state index in [1.165, 1.54) is 31.2 Å². The number of esters is 2. The van der Waals surface area contributed by atoms with Crippen molar-refractivity contribution < 1.29 is 23.9 Å². The first kappa shape index (κ1) is 18.9. The molecule has 1 aromatic rings. The van der Waals surface area contributed by atoms with Gasteiger partial charge in [0.2, 0.25) is 0 Å². The number of hydrogen-bond acceptors (Lipinski definition) is 5. The lowest BCUT2D eigenvalue weighted by Gasteiger charge is -2.48. The van der Waals surface area contributed by atoms with E-state index in [-0.39, 0.29) is 23.1 Å². The number of ether oxygens (including phenoxy) is 2. The van der Waals surface area contributed by atoms with Crippen molar-refractivity contribution in [2.45, 2.75) is 58.8 Å². The number of hydrogen-bond donors (Lipinski definition) is 0. The number of ketones is 1. The zero-order valence-electron chi connectivity index (χ0n) is 16.6. The summed E-state index contributed by atoms with van der Waals surface area (Å²) in [7, 11) is 0. The van der Waals surface area contributed by atoms with Crippen molar-refractivity contribution in [1.82, 2.24) is 0 Å². The zero-order chi connectivity index (χ0) is 20.1. The van der Waals surface area contributed by atoms with Gasteiger partial charge >= 0.3 is 11.9 Å². The van der Waals surface area contributed by atoms with Crippen molar-refractivity contribution >= 4 is 17.7 Å². The average molecular weight is 382 g/mol. The summed E-state index contributed by atoms with van der Waals surface area (Å²) < 4.78 is 10.3. The van der Waals surface area contributed by atoms with E-state index in [1.54, 1.807) is 0 Å². The van der Waals surface area contributed by atoms with E-state index in [0.717, 1.165) is 25.7 Å². The first-order valence-corrected chi connectivity index (χ1v) is 10.0. The highest BCUT2D eigenvalue weighted by Crippen LogP contribution is 2.60. The fraction of sp³-hybridized carbons (Fsp3) is 0.522. The lowest BCUT2D eigenvalue weighted by molar-refractivity contribution is -0.135. The van der Waals surface area contributed by atoms with Gasteiger partial charge in [-0.2, -0.15) is 0 Å². The number of fused-ring (bicyclic) bond motifs is 5. The van der Waals surface area contributed by atoms with Crippen LogP contribution in [0.5, 0.6) is 5.75 Å². The Bertz CT molecular complexity index is 883. The van der Waals surface area contributed by atoms with Crippen molar-refractivity contribution in [3.63, 3.8) is 0 Å². The summed E-state index contributed by atoms with van der Waals surface area (Å²) in [6.07, 6.45) is 5.84. The number of allylic oxidation sites excluding steroid dienone is 1. The lowest BCUT2D eigenvalue weighted by Crippen LogP contribution is -2.42. The Morgan fingerprint density at radius 1 is 1.18 bits per heavy atom. The Morgan fingerprint density at radius 3 is 2.68 bits per heavy atom. The maximum absolute atomic E-state index is 13.0. The largest absolute Gasteiger partial charge is 0.434 e. The van der Waals surface area contributed by atoms with Crippen LogP contribution in [0.1, 0.15) is 63.5 Å². The second-order valence-electron chi connectivity index (χ2n) is 8.61. The molecule has 2 saturated carbocycles. The van der Waals surface area contributed by atoms with Crippen molar-refractivity contribution in [1.29, 1.82) is 0 Å².